The van der Waals surface area contributed by atoms with Gasteiger partial charge in [0.1, 0.15) is 5.75 Å². The highest BCUT2D eigenvalue weighted by Crippen LogP contribution is 2.15. The van der Waals surface area contributed by atoms with Crippen molar-refractivity contribution >= 4 is 11.9 Å². The van der Waals surface area contributed by atoms with E-state index >= 15 is 0 Å². The number of carbonyl (C=O) groups is 2. The molecule has 0 aliphatic carbocycles. The normalized spacial score (nSPS) is 13.5. The lowest BCUT2D eigenvalue weighted by Crippen LogP contribution is -2.36. The summed E-state index contributed by atoms with van der Waals surface area (Å²) in [6.07, 6.45) is 2.33. The number of hydrogen-bond donors (Lipinski definition) is 2. The zero-order chi connectivity index (χ0) is 19.8. The minimum Gasteiger partial charge on any atom is -0.497 e. The van der Waals surface area contributed by atoms with Crippen LogP contribution in [0.25, 0.3) is 0 Å². The number of ether oxygens (including phenoxy) is 1. The highest BCUT2D eigenvalue weighted by Gasteiger charge is 2.19. The quantitative estimate of drug-likeness (QED) is 0.739. The minimum absolute atomic E-state index is 0.192. The third-order valence-corrected chi connectivity index (χ3v) is 4.82. The number of nitrogens with zero attached hydrogens (tertiary/aromatic N) is 1. The van der Waals surface area contributed by atoms with E-state index in [0.29, 0.717) is 26.1 Å². The van der Waals surface area contributed by atoms with Crippen molar-refractivity contribution in [1.29, 1.82) is 0 Å². The van der Waals surface area contributed by atoms with Gasteiger partial charge in [0, 0.05) is 32.6 Å². The molecule has 1 saturated heterocycles. The zero-order valence-electron chi connectivity index (χ0n) is 16.2. The zero-order valence-corrected chi connectivity index (χ0v) is 16.2. The molecule has 28 heavy (non-hydrogen) atoms. The lowest BCUT2D eigenvalue weighted by molar-refractivity contribution is -0.128. The van der Waals surface area contributed by atoms with Gasteiger partial charge in [-0.2, -0.15) is 0 Å². The molecule has 0 atom stereocenters. The Morgan fingerprint density at radius 3 is 2.64 bits per heavy atom. The van der Waals surface area contributed by atoms with Gasteiger partial charge in [-0.3, -0.25) is 4.79 Å². The summed E-state index contributed by atoms with van der Waals surface area (Å²) in [5.41, 5.74) is 3.23. The van der Waals surface area contributed by atoms with E-state index in [0.717, 1.165) is 41.8 Å². The molecule has 1 heterocycles. The molecule has 1 aliphatic heterocycles. The Hall–Kier alpha value is -3.02. The second-order valence-corrected chi connectivity index (χ2v) is 6.95. The summed E-state index contributed by atoms with van der Waals surface area (Å²) in [4.78, 5) is 25.7. The van der Waals surface area contributed by atoms with Crippen molar-refractivity contribution in [2.45, 2.75) is 32.4 Å². The fourth-order valence-electron chi connectivity index (χ4n) is 3.32. The Kier molecular flexibility index (Phi) is 6.89. The van der Waals surface area contributed by atoms with Crippen LogP contribution < -0.4 is 15.4 Å². The average Bonchev–Trinajstić information content (AvgIpc) is 3.11. The largest absolute Gasteiger partial charge is 0.497 e. The fraction of sp³-hybridized carbons (Fsp3) is 0.364. The van der Waals surface area contributed by atoms with Crippen LogP contribution in [0.1, 0.15) is 29.5 Å². The number of nitrogens with one attached hydrogen (secondary N) is 2. The number of methoxy groups -OCH3 is 1. The number of rotatable bonds is 8. The van der Waals surface area contributed by atoms with Gasteiger partial charge in [0.2, 0.25) is 5.91 Å². The maximum Gasteiger partial charge on any atom is 0.315 e. The molecule has 0 spiro atoms. The smallest absolute Gasteiger partial charge is 0.315 e. The van der Waals surface area contributed by atoms with Gasteiger partial charge in [-0.15, -0.1) is 0 Å². The molecule has 0 bridgehead atoms. The van der Waals surface area contributed by atoms with Crippen molar-refractivity contribution in [2.24, 2.45) is 0 Å². The third kappa shape index (κ3) is 5.74. The summed E-state index contributed by atoms with van der Waals surface area (Å²) in [7, 11) is 1.64. The molecule has 3 rings (SSSR count). The lowest BCUT2D eigenvalue weighted by Gasteiger charge is -2.16. The highest BCUT2D eigenvalue weighted by molar-refractivity contribution is 5.78. The van der Waals surface area contributed by atoms with Crippen LogP contribution in [0.5, 0.6) is 5.75 Å². The molecule has 2 aromatic rings. The average molecular weight is 381 g/mol. The van der Waals surface area contributed by atoms with E-state index in [1.165, 1.54) is 0 Å². The topological polar surface area (TPSA) is 70.7 Å². The standard InChI is InChI=1S/C22H27N3O3/c1-28-20-8-3-5-17(14-20)10-11-23-22(27)24-15-18-6-2-7-19(13-18)16-25-12-4-9-21(25)26/h2-3,5-8,13-14H,4,9-12,15-16H2,1H3,(H2,23,24,27). The van der Waals surface area contributed by atoms with E-state index in [1.54, 1.807) is 7.11 Å². The van der Waals surface area contributed by atoms with Crippen LogP contribution in [0.4, 0.5) is 4.79 Å². The van der Waals surface area contributed by atoms with Gasteiger partial charge in [-0.25, -0.2) is 4.79 Å². The van der Waals surface area contributed by atoms with Crippen molar-refractivity contribution in [3.63, 3.8) is 0 Å². The molecule has 6 heteroatoms. The molecule has 148 valence electrons. The Balaban J connectivity index is 1.41. The molecule has 0 unspecified atom stereocenters. The van der Waals surface area contributed by atoms with Crippen LogP contribution in [0, 0.1) is 0 Å². The summed E-state index contributed by atoms with van der Waals surface area (Å²) in [5.74, 6) is 1.04. The van der Waals surface area contributed by atoms with Crippen molar-refractivity contribution in [3.8, 4) is 5.75 Å². The Bertz CT molecular complexity index is 822. The number of benzene rings is 2. The van der Waals surface area contributed by atoms with Gasteiger partial charge < -0.3 is 20.3 Å². The van der Waals surface area contributed by atoms with Gasteiger partial charge in [-0.05, 0) is 41.7 Å². The molecule has 2 N–H and O–H groups in total. The van der Waals surface area contributed by atoms with Crippen molar-refractivity contribution in [3.05, 3.63) is 65.2 Å². The van der Waals surface area contributed by atoms with Crippen LogP contribution >= 0.6 is 0 Å². The summed E-state index contributed by atoms with van der Waals surface area (Å²) >= 11 is 0. The van der Waals surface area contributed by atoms with Crippen LogP contribution in [0.15, 0.2) is 48.5 Å². The first kappa shape index (κ1) is 19.7. The maximum absolute atomic E-state index is 12.0. The predicted octanol–water partition coefficient (Wildman–Crippen LogP) is 2.86. The fourth-order valence-corrected chi connectivity index (χ4v) is 3.32. The molecule has 1 fully saturated rings. The van der Waals surface area contributed by atoms with E-state index in [9.17, 15) is 9.59 Å². The summed E-state index contributed by atoms with van der Waals surface area (Å²) in [5, 5.41) is 5.76. The van der Waals surface area contributed by atoms with E-state index < -0.39 is 0 Å². The highest BCUT2D eigenvalue weighted by atomic mass is 16.5. The van der Waals surface area contributed by atoms with Gasteiger partial charge in [0.05, 0.1) is 7.11 Å². The molecule has 6 nitrogen and oxygen atoms in total. The van der Waals surface area contributed by atoms with E-state index in [-0.39, 0.29) is 11.9 Å². The Morgan fingerprint density at radius 1 is 1.07 bits per heavy atom. The molecule has 2 aromatic carbocycles. The van der Waals surface area contributed by atoms with Crippen LogP contribution in [-0.2, 0) is 24.3 Å². The van der Waals surface area contributed by atoms with Crippen molar-refractivity contribution in [1.82, 2.24) is 15.5 Å². The molecular formula is C22H27N3O3. The van der Waals surface area contributed by atoms with E-state index in [4.69, 9.17) is 4.74 Å². The first-order valence-corrected chi connectivity index (χ1v) is 9.64. The van der Waals surface area contributed by atoms with Crippen molar-refractivity contribution in [2.75, 3.05) is 20.2 Å². The summed E-state index contributed by atoms with van der Waals surface area (Å²) < 4.78 is 5.21. The van der Waals surface area contributed by atoms with Gasteiger partial charge in [-0.1, -0.05) is 36.4 Å². The number of hydrogen-bond acceptors (Lipinski definition) is 3. The molecule has 0 aromatic heterocycles. The predicted molar refractivity (Wildman–Crippen MR) is 108 cm³/mol. The van der Waals surface area contributed by atoms with Crippen LogP contribution in [0.3, 0.4) is 0 Å². The maximum atomic E-state index is 12.0. The Morgan fingerprint density at radius 2 is 1.86 bits per heavy atom. The van der Waals surface area contributed by atoms with Gasteiger partial charge >= 0.3 is 6.03 Å². The molecule has 3 amide bonds. The molecular weight excluding hydrogens is 354 g/mol. The second kappa shape index (κ2) is 9.78. The summed E-state index contributed by atoms with van der Waals surface area (Å²) in [6.45, 7) is 2.47. The second-order valence-electron chi connectivity index (χ2n) is 6.95. The third-order valence-electron chi connectivity index (χ3n) is 4.82. The molecule has 1 aliphatic rings. The minimum atomic E-state index is -0.192. The van der Waals surface area contributed by atoms with E-state index in [1.807, 2.05) is 53.4 Å². The number of urea groups is 1. The monoisotopic (exact) mass is 381 g/mol. The summed E-state index contributed by atoms with van der Waals surface area (Å²) in [6, 6.07) is 15.6. The van der Waals surface area contributed by atoms with Crippen molar-refractivity contribution < 1.29 is 14.3 Å². The van der Waals surface area contributed by atoms with Gasteiger partial charge in [0.15, 0.2) is 0 Å². The van der Waals surface area contributed by atoms with Crippen LogP contribution in [0.2, 0.25) is 0 Å². The molecule has 0 saturated carbocycles. The SMILES string of the molecule is COc1cccc(CCNC(=O)NCc2cccc(CN3CCCC3=O)c2)c1. The van der Waals surface area contributed by atoms with Gasteiger partial charge in [0.25, 0.3) is 0 Å². The number of likely N-dealkylation sites (tertiary alicyclic amines) is 1. The van der Waals surface area contributed by atoms with Crippen LogP contribution in [-0.4, -0.2) is 37.0 Å². The number of amides is 3. The molecule has 0 radical (unpaired) electrons. The lowest BCUT2D eigenvalue weighted by atomic mass is 10.1. The first-order chi connectivity index (χ1) is 13.6. The number of carbonyl (C=O) groups excluding carboxylic acids is 2. The Labute approximate surface area is 165 Å². The first-order valence-electron chi connectivity index (χ1n) is 9.64. The van der Waals surface area contributed by atoms with E-state index in [2.05, 4.69) is 10.6 Å².